The average Bonchev–Trinajstić information content (AvgIpc) is 3.42. The van der Waals surface area contributed by atoms with E-state index in [0.717, 1.165) is 29.0 Å². The van der Waals surface area contributed by atoms with Crippen LogP contribution in [0.2, 0.25) is 0 Å². The Kier molecular flexibility index (Phi) is 5.38. The van der Waals surface area contributed by atoms with Gasteiger partial charge in [-0.1, -0.05) is 42.5 Å². The predicted octanol–water partition coefficient (Wildman–Crippen LogP) is 5.40. The summed E-state index contributed by atoms with van der Waals surface area (Å²) in [5.74, 6) is -0.309. The number of benzene rings is 2. The number of esters is 1. The van der Waals surface area contributed by atoms with E-state index < -0.39 is 17.2 Å². The highest BCUT2D eigenvalue weighted by molar-refractivity contribution is 5.86. The smallest absolute Gasteiger partial charge is 0.416 e. The van der Waals surface area contributed by atoms with Crippen LogP contribution in [0.5, 0.6) is 0 Å². The number of hydrogen-bond donors (Lipinski definition) is 0. The first-order valence-corrected chi connectivity index (χ1v) is 11.1. The number of carbonyl (C=O) groups excluding carboxylic acids is 1. The third-order valence-electron chi connectivity index (χ3n) is 6.42. The van der Waals surface area contributed by atoms with Crippen molar-refractivity contribution in [3.05, 3.63) is 89.4 Å². The van der Waals surface area contributed by atoms with Gasteiger partial charge in [0, 0.05) is 11.8 Å². The summed E-state index contributed by atoms with van der Waals surface area (Å²) in [5.41, 5.74) is 2.66. The van der Waals surface area contributed by atoms with Crippen molar-refractivity contribution in [2.45, 2.75) is 37.8 Å². The molecule has 34 heavy (non-hydrogen) atoms. The molecule has 0 N–H and O–H groups in total. The van der Waals surface area contributed by atoms with Crippen molar-refractivity contribution in [2.24, 2.45) is 0 Å². The third-order valence-corrected chi connectivity index (χ3v) is 6.42. The van der Waals surface area contributed by atoms with E-state index in [9.17, 15) is 18.0 Å². The number of ether oxygens (including phenoxy) is 1. The van der Waals surface area contributed by atoms with Gasteiger partial charge in [0.2, 0.25) is 0 Å². The predicted molar refractivity (Wildman–Crippen MR) is 120 cm³/mol. The lowest BCUT2D eigenvalue weighted by Crippen LogP contribution is -2.39. The van der Waals surface area contributed by atoms with Crippen LogP contribution in [0.1, 0.15) is 35.7 Å². The second-order valence-electron chi connectivity index (χ2n) is 8.47. The fourth-order valence-corrected chi connectivity index (χ4v) is 4.82. The number of alkyl halides is 3. The van der Waals surface area contributed by atoms with Crippen molar-refractivity contribution < 1.29 is 22.7 Å². The number of carbonyl (C=O) groups is 1. The van der Waals surface area contributed by atoms with E-state index in [4.69, 9.17) is 4.74 Å². The topological polar surface area (TPSA) is 56.5 Å². The molecule has 1 atom stereocenters. The number of aromatic nitrogens is 3. The van der Waals surface area contributed by atoms with Gasteiger partial charge in [0.1, 0.15) is 5.41 Å². The zero-order valence-electron chi connectivity index (χ0n) is 18.5. The van der Waals surface area contributed by atoms with Crippen molar-refractivity contribution in [3.8, 4) is 11.1 Å². The van der Waals surface area contributed by atoms with Crippen molar-refractivity contribution in [3.63, 3.8) is 0 Å². The molecule has 0 fully saturated rings. The van der Waals surface area contributed by atoms with Gasteiger partial charge in [0.05, 0.1) is 24.1 Å². The van der Waals surface area contributed by atoms with Gasteiger partial charge in [-0.15, -0.1) is 0 Å². The maximum atomic E-state index is 13.4. The van der Waals surface area contributed by atoms with Crippen molar-refractivity contribution >= 4 is 11.6 Å². The number of fused-ring (bicyclic) bond motifs is 3. The first kappa shape index (κ1) is 22.1. The van der Waals surface area contributed by atoms with Crippen molar-refractivity contribution in [1.82, 2.24) is 14.6 Å². The molecule has 4 aromatic rings. The highest BCUT2D eigenvalue weighted by Gasteiger charge is 2.49. The Bertz CT molecular complexity index is 1350. The van der Waals surface area contributed by atoms with Gasteiger partial charge >= 0.3 is 12.1 Å². The number of halogens is 3. The minimum Gasteiger partial charge on any atom is -0.465 e. The SMILES string of the molecule is CCOC(=O)[C@]1(Cc2ccccc2)CCc2cnc3c(-c4ccc(C(F)(F)F)cc4)cnn3c21. The molecule has 174 valence electrons. The van der Waals surface area contributed by atoms with Gasteiger partial charge in [-0.25, -0.2) is 9.50 Å². The molecule has 0 bridgehead atoms. The quantitative estimate of drug-likeness (QED) is 0.370. The molecule has 0 saturated heterocycles. The zero-order valence-corrected chi connectivity index (χ0v) is 18.5. The monoisotopic (exact) mass is 465 g/mol. The second-order valence-corrected chi connectivity index (χ2v) is 8.47. The van der Waals surface area contributed by atoms with Gasteiger partial charge < -0.3 is 4.74 Å². The van der Waals surface area contributed by atoms with Crippen LogP contribution in [0.25, 0.3) is 16.8 Å². The molecular weight excluding hydrogens is 443 g/mol. The van der Waals surface area contributed by atoms with Gasteiger partial charge in [0.25, 0.3) is 0 Å². The summed E-state index contributed by atoms with van der Waals surface area (Å²) in [4.78, 5) is 18.0. The molecule has 0 saturated carbocycles. The molecular formula is C26H22F3N3O2. The minimum atomic E-state index is -4.41. The Balaban J connectivity index is 1.64. The van der Waals surface area contributed by atoms with E-state index >= 15 is 0 Å². The van der Waals surface area contributed by atoms with Crippen LogP contribution in [0.4, 0.5) is 13.2 Å². The Labute approximate surface area is 194 Å². The van der Waals surface area contributed by atoms with Crippen LogP contribution in [-0.2, 0) is 34.0 Å². The van der Waals surface area contributed by atoms with E-state index in [-0.39, 0.29) is 12.6 Å². The normalized spacial score (nSPS) is 17.6. The first-order valence-electron chi connectivity index (χ1n) is 11.1. The number of aryl methyl sites for hydroxylation is 1. The van der Waals surface area contributed by atoms with E-state index in [2.05, 4.69) is 10.1 Å². The lowest BCUT2D eigenvalue weighted by molar-refractivity contribution is -0.150. The second kappa shape index (κ2) is 8.27. The van der Waals surface area contributed by atoms with Crippen LogP contribution in [-0.4, -0.2) is 27.2 Å². The Morgan fingerprint density at radius 3 is 2.50 bits per heavy atom. The summed E-state index contributed by atoms with van der Waals surface area (Å²) in [5, 5.41) is 4.54. The summed E-state index contributed by atoms with van der Waals surface area (Å²) in [7, 11) is 0. The fraction of sp³-hybridized carbons (Fsp3) is 0.269. The van der Waals surface area contributed by atoms with Gasteiger partial charge in [-0.05, 0) is 55.0 Å². The highest BCUT2D eigenvalue weighted by Crippen LogP contribution is 2.43. The number of hydrogen-bond acceptors (Lipinski definition) is 4. The molecule has 2 aromatic heterocycles. The molecule has 2 heterocycles. The Hall–Kier alpha value is -3.68. The van der Waals surface area contributed by atoms with E-state index in [1.807, 2.05) is 30.3 Å². The molecule has 5 rings (SSSR count). The molecule has 0 spiro atoms. The standard InChI is InChI=1S/C26H22F3N3O2/c1-2-34-24(33)25(14-17-6-4-3-5-7-17)13-12-19-15-30-23-21(16-31-32(23)22(19)25)18-8-10-20(11-9-18)26(27,28)29/h3-11,15-16H,2,12-14H2,1H3/t25-/m0/s1. The molecule has 0 radical (unpaired) electrons. The molecule has 0 aliphatic heterocycles. The zero-order chi connectivity index (χ0) is 23.9. The van der Waals surface area contributed by atoms with Crippen LogP contribution < -0.4 is 0 Å². The molecule has 0 amide bonds. The maximum absolute atomic E-state index is 13.4. The van der Waals surface area contributed by atoms with Gasteiger partial charge in [0.15, 0.2) is 5.65 Å². The third kappa shape index (κ3) is 3.63. The maximum Gasteiger partial charge on any atom is 0.416 e. The largest absolute Gasteiger partial charge is 0.465 e. The van der Waals surface area contributed by atoms with Crippen LogP contribution in [0.15, 0.2) is 67.0 Å². The van der Waals surface area contributed by atoms with Crippen LogP contribution in [0, 0.1) is 0 Å². The Morgan fingerprint density at radius 1 is 1.09 bits per heavy atom. The molecule has 0 unspecified atom stereocenters. The number of rotatable bonds is 5. The highest BCUT2D eigenvalue weighted by atomic mass is 19.4. The minimum absolute atomic E-state index is 0.259. The van der Waals surface area contributed by atoms with E-state index in [1.165, 1.54) is 12.1 Å². The lowest BCUT2D eigenvalue weighted by Gasteiger charge is -2.28. The Morgan fingerprint density at radius 2 is 1.82 bits per heavy atom. The van der Waals surface area contributed by atoms with Crippen LogP contribution >= 0.6 is 0 Å². The summed E-state index contributed by atoms with van der Waals surface area (Å²) >= 11 is 0. The molecule has 8 heteroatoms. The summed E-state index contributed by atoms with van der Waals surface area (Å²) < 4.78 is 46.2. The summed E-state index contributed by atoms with van der Waals surface area (Å²) in [6.45, 7) is 2.04. The molecule has 5 nitrogen and oxygen atoms in total. The molecule has 1 aliphatic rings. The summed E-state index contributed by atoms with van der Waals surface area (Å²) in [6.07, 6.45) is 0.587. The summed E-state index contributed by atoms with van der Waals surface area (Å²) in [6, 6.07) is 14.7. The van der Waals surface area contributed by atoms with Crippen molar-refractivity contribution in [2.75, 3.05) is 6.61 Å². The van der Waals surface area contributed by atoms with Crippen molar-refractivity contribution in [1.29, 1.82) is 0 Å². The van der Waals surface area contributed by atoms with Crippen LogP contribution in [0.3, 0.4) is 0 Å². The van der Waals surface area contributed by atoms with Gasteiger partial charge in [-0.3, -0.25) is 4.79 Å². The average molecular weight is 465 g/mol. The number of nitrogens with zero attached hydrogens (tertiary/aromatic N) is 3. The molecule has 1 aliphatic carbocycles. The first-order chi connectivity index (χ1) is 16.3. The van der Waals surface area contributed by atoms with Gasteiger partial charge in [-0.2, -0.15) is 18.3 Å². The lowest BCUT2D eigenvalue weighted by atomic mass is 9.79. The van der Waals surface area contributed by atoms with E-state index in [1.54, 1.807) is 23.8 Å². The molecule has 2 aromatic carbocycles. The van der Waals surface area contributed by atoms with E-state index in [0.29, 0.717) is 36.0 Å². The fourth-order valence-electron chi connectivity index (χ4n) is 4.82.